The standard InChI is InChI=1S/C12H13ClN4O2S2/c13-10-1-2-14-9-11(10)21(18,19)17-6-4-16(5-7-17)12-15-3-8-20-12/h1-3,8-9H,4-7H2. The smallest absolute Gasteiger partial charge is 0.246 e. The molecule has 0 unspecified atom stereocenters. The molecule has 3 rings (SSSR count). The van der Waals surface area contributed by atoms with E-state index in [1.165, 1.54) is 22.8 Å². The average Bonchev–Trinajstić information content (AvgIpc) is 3.02. The van der Waals surface area contributed by atoms with Gasteiger partial charge in [-0.1, -0.05) is 11.6 Å². The minimum Gasteiger partial charge on any atom is -0.345 e. The van der Waals surface area contributed by atoms with Crippen LogP contribution in [0.4, 0.5) is 5.13 Å². The number of nitrogens with zero attached hydrogens (tertiary/aromatic N) is 4. The Kier molecular flexibility index (Phi) is 4.12. The number of halogens is 1. The van der Waals surface area contributed by atoms with Gasteiger partial charge in [0.2, 0.25) is 10.0 Å². The summed E-state index contributed by atoms with van der Waals surface area (Å²) < 4.78 is 26.6. The zero-order valence-electron chi connectivity index (χ0n) is 11.0. The van der Waals surface area contributed by atoms with Crippen molar-refractivity contribution in [3.63, 3.8) is 0 Å². The summed E-state index contributed by atoms with van der Waals surface area (Å²) in [4.78, 5) is 10.2. The van der Waals surface area contributed by atoms with Crippen LogP contribution in [0.3, 0.4) is 0 Å². The Morgan fingerprint density at radius 1 is 1.19 bits per heavy atom. The number of thiazole rings is 1. The lowest BCUT2D eigenvalue weighted by Crippen LogP contribution is -2.48. The minimum atomic E-state index is -3.59. The molecule has 3 heterocycles. The largest absolute Gasteiger partial charge is 0.345 e. The first kappa shape index (κ1) is 14.7. The Balaban J connectivity index is 1.76. The lowest BCUT2D eigenvalue weighted by atomic mass is 10.4. The van der Waals surface area contributed by atoms with Gasteiger partial charge in [0.25, 0.3) is 0 Å². The van der Waals surface area contributed by atoms with E-state index in [-0.39, 0.29) is 9.92 Å². The van der Waals surface area contributed by atoms with Crippen molar-refractivity contribution in [2.75, 3.05) is 31.1 Å². The van der Waals surface area contributed by atoms with Gasteiger partial charge in [-0.05, 0) is 6.07 Å². The van der Waals surface area contributed by atoms with E-state index in [1.54, 1.807) is 17.5 Å². The van der Waals surface area contributed by atoms with Gasteiger partial charge in [0.15, 0.2) is 5.13 Å². The number of hydrogen-bond donors (Lipinski definition) is 0. The molecule has 0 radical (unpaired) electrons. The molecule has 1 fully saturated rings. The minimum absolute atomic E-state index is 0.0642. The third-order valence-corrected chi connectivity index (χ3v) is 6.48. The van der Waals surface area contributed by atoms with Gasteiger partial charge in [-0.3, -0.25) is 4.98 Å². The fourth-order valence-corrected chi connectivity index (χ4v) is 4.71. The normalized spacial score (nSPS) is 17.1. The van der Waals surface area contributed by atoms with Gasteiger partial charge in [0.1, 0.15) is 4.90 Å². The predicted octanol–water partition coefficient (Wildman–Crippen LogP) is 1.70. The molecule has 1 aliphatic rings. The molecule has 0 aromatic carbocycles. The van der Waals surface area contributed by atoms with Gasteiger partial charge in [0.05, 0.1) is 5.02 Å². The average molecular weight is 345 g/mol. The van der Waals surface area contributed by atoms with Crippen LogP contribution < -0.4 is 4.90 Å². The lowest BCUT2D eigenvalue weighted by molar-refractivity contribution is 0.384. The predicted molar refractivity (Wildman–Crippen MR) is 82.3 cm³/mol. The van der Waals surface area contributed by atoms with Crippen LogP contribution in [0, 0.1) is 0 Å². The number of sulfonamides is 1. The first-order chi connectivity index (χ1) is 10.1. The van der Waals surface area contributed by atoms with Crippen molar-refractivity contribution in [2.24, 2.45) is 0 Å². The topological polar surface area (TPSA) is 66.4 Å². The zero-order valence-corrected chi connectivity index (χ0v) is 13.4. The molecular weight excluding hydrogens is 332 g/mol. The van der Waals surface area contributed by atoms with Crippen molar-refractivity contribution < 1.29 is 8.42 Å². The van der Waals surface area contributed by atoms with Crippen molar-refractivity contribution >= 4 is 38.1 Å². The number of hydrogen-bond acceptors (Lipinski definition) is 6. The highest BCUT2D eigenvalue weighted by atomic mass is 35.5. The van der Waals surface area contributed by atoms with Crippen LogP contribution >= 0.6 is 22.9 Å². The van der Waals surface area contributed by atoms with Gasteiger partial charge in [0, 0.05) is 50.1 Å². The Hall–Kier alpha value is -1.22. The molecule has 0 aliphatic carbocycles. The van der Waals surface area contributed by atoms with Crippen LogP contribution in [0.25, 0.3) is 0 Å². The van der Waals surface area contributed by atoms with Crippen LogP contribution in [0.2, 0.25) is 5.02 Å². The molecule has 0 bridgehead atoms. The second-order valence-electron chi connectivity index (χ2n) is 4.51. The SMILES string of the molecule is O=S(=O)(c1cnccc1Cl)N1CCN(c2nccs2)CC1. The van der Waals surface area contributed by atoms with E-state index in [0.29, 0.717) is 26.2 Å². The molecule has 0 amide bonds. The Labute approximate surface area is 132 Å². The molecule has 9 heteroatoms. The Morgan fingerprint density at radius 3 is 2.57 bits per heavy atom. The summed E-state index contributed by atoms with van der Waals surface area (Å²) in [6, 6.07) is 1.49. The summed E-state index contributed by atoms with van der Waals surface area (Å²) in [5.74, 6) is 0. The van der Waals surface area contributed by atoms with E-state index in [2.05, 4.69) is 14.9 Å². The van der Waals surface area contributed by atoms with Gasteiger partial charge < -0.3 is 4.90 Å². The molecule has 0 N–H and O–H groups in total. The maximum Gasteiger partial charge on any atom is 0.246 e. The van der Waals surface area contributed by atoms with Crippen LogP contribution in [0.5, 0.6) is 0 Å². The Morgan fingerprint density at radius 2 is 1.95 bits per heavy atom. The zero-order chi connectivity index (χ0) is 14.9. The van der Waals surface area contributed by atoms with Crippen molar-refractivity contribution in [1.82, 2.24) is 14.3 Å². The monoisotopic (exact) mass is 344 g/mol. The molecule has 0 spiro atoms. The number of anilines is 1. The molecule has 2 aromatic rings. The molecule has 6 nitrogen and oxygen atoms in total. The lowest BCUT2D eigenvalue weighted by Gasteiger charge is -2.33. The molecule has 112 valence electrons. The van der Waals surface area contributed by atoms with Gasteiger partial charge in [-0.2, -0.15) is 4.31 Å². The number of piperazine rings is 1. The quantitative estimate of drug-likeness (QED) is 0.848. The number of pyridine rings is 1. The van der Waals surface area contributed by atoms with Crippen molar-refractivity contribution in [1.29, 1.82) is 0 Å². The first-order valence-corrected chi connectivity index (χ1v) is 9.03. The maximum absolute atomic E-state index is 12.6. The molecular formula is C12H13ClN4O2S2. The van der Waals surface area contributed by atoms with E-state index < -0.39 is 10.0 Å². The highest BCUT2D eigenvalue weighted by molar-refractivity contribution is 7.89. The summed E-state index contributed by atoms with van der Waals surface area (Å²) in [6.07, 6.45) is 4.52. The third kappa shape index (κ3) is 2.89. The van der Waals surface area contributed by atoms with Crippen molar-refractivity contribution in [3.05, 3.63) is 35.1 Å². The molecule has 0 saturated carbocycles. The third-order valence-electron chi connectivity index (χ3n) is 3.28. The maximum atomic E-state index is 12.6. The summed E-state index contributed by atoms with van der Waals surface area (Å²) in [7, 11) is -3.59. The van der Waals surface area contributed by atoms with E-state index in [1.807, 2.05) is 5.38 Å². The van der Waals surface area contributed by atoms with Crippen LogP contribution in [0.1, 0.15) is 0 Å². The van der Waals surface area contributed by atoms with Gasteiger partial charge in [-0.15, -0.1) is 11.3 Å². The molecule has 2 aromatic heterocycles. The molecule has 21 heavy (non-hydrogen) atoms. The fourth-order valence-electron chi connectivity index (χ4n) is 2.18. The number of aromatic nitrogens is 2. The highest BCUT2D eigenvalue weighted by Gasteiger charge is 2.30. The van der Waals surface area contributed by atoms with E-state index in [9.17, 15) is 8.42 Å². The molecule has 1 saturated heterocycles. The van der Waals surface area contributed by atoms with E-state index in [4.69, 9.17) is 11.6 Å². The highest BCUT2D eigenvalue weighted by Crippen LogP contribution is 2.25. The van der Waals surface area contributed by atoms with Crippen molar-refractivity contribution in [2.45, 2.75) is 4.90 Å². The Bertz CT molecular complexity index is 713. The summed E-state index contributed by atoms with van der Waals surface area (Å²) in [5.41, 5.74) is 0. The van der Waals surface area contributed by atoms with Crippen LogP contribution in [-0.4, -0.2) is 48.9 Å². The van der Waals surface area contributed by atoms with Crippen molar-refractivity contribution in [3.8, 4) is 0 Å². The second-order valence-corrected chi connectivity index (χ2v) is 7.70. The summed E-state index contributed by atoms with van der Waals surface area (Å²) in [6.45, 7) is 2.05. The molecule has 0 atom stereocenters. The summed E-state index contributed by atoms with van der Waals surface area (Å²) in [5, 5.41) is 3.03. The van der Waals surface area contributed by atoms with Gasteiger partial charge in [-0.25, -0.2) is 13.4 Å². The number of rotatable bonds is 3. The first-order valence-electron chi connectivity index (χ1n) is 6.33. The summed E-state index contributed by atoms with van der Waals surface area (Å²) >= 11 is 7.53. The van der Waals surface area contributed by atoms with E-state index >= 15 is 0 Å². The van der Waals surface area contributed by atoms with Crippen LogP contribution in [-0.2, 0) is 10.0 Å². The fraction of sp³-hybridized carbons (Fsp3) is 0.333. The molecule has 1 aliphatic heterocycles. The van der Waals surface area contributed by atoms with Gasteiger partial charge >= 0.3 is 0 Å². The van der Waals surface area contributed by atoms with E-state index in [0.717, 1.165) is 5.13 Å². The van der Waals surface area contributed by atoms with Crippen LogP contribution in [0.15, 0.2) is 34.9 Å². The second kappa shape index (κ2) is 5.88.